The van der Waals surface area contributed by atoms with Gasteiger partial charge in [0.1, 0.15) is 5.75 Å². The summed E-state index contributed by atoms with van der Waals surface area (Å²) in [5, 5.41) is 12.9. The Balaban J connectivity index is 1.74. The van der Waals surface area contributed by atoms with Gasteiger partial charge in [-0.3, -0.25) is 4.79 Å². The van der Waals surface area contributed by atoms with Gasteiger partial charge in [-0.2, -0.15) is 0 Å². The zero-order valence-corrected chi connectivity index (χ0v) is 19.8. The van der Waals surface area contributed by atoms with E-state index < -0.39 is 0 Å². The highest BCUT2D eigenvalue weighted by molar-refractivity contribution is 7.99. The van der Waals surface area contributed by atoms with Crippen LogP contribution in [0.25, 0.3) is 11.4 Å². The zero-order chi connectivity index (χ0) is 22.4. The van der Waals surface area contributed by atoms with Crippen LogP contribution in [0.5, 0.6) is 5.75 Å². The van der Waals surface area contributed by atoms with Gasteiger partial charge in [0, 0.05) is 18.3 Å². The number of anilines is 1. The lowest BCUT2D eigenvalue weighted by Gasteiger charge is -2.11. The Morgan fingerprint density at radius 1 is 1.23 bits per heavy atom. The molecule has 164 valence electrons. The predicted octanol–water partition coefficient (Wildman–Crippen LogP) is 5.49. The molecule has 0 radical (unpaired) electrons. The quantitative estimate of drug-likeness (QED) is 0.408. The fraction of sp³-hybridized carbons (Fsp3) is 0.333. The molecule has 10 heteroatoms. The first-order valence-electron chi connectivity index (χ1n) is 9.75. The van der Waals surface area contributed by atoms with Crippen LogP contribution in [0, 0.1) is 6.92 Å². The van der Waals surface area contributed by atoms with Gasteiger partial charge in [0.2, 0.25) is 5.91 Å². The molecule has 0 aliphatic carbocycles. The Morgan fingerprint density at radius 2 is 1.97 bits per heavy atom. The van der Waals surface area contributed by atoms with Gasteiger partial charge in [-0.25, -0.2) is 4.98 Å². The normalized spacial score (nSPS) is 10.9. The summed E-state index contributed by atoms with van der Waals surface area (Å²) in [6.45, 7) is 4.66. The first-order valence-corrected chi connectivity index (χ1v) is 11.5. The first kappa shape index (κ1) is 23.4. The molecule has 0 spiro atoms. The lowest BCUT2D eigenvalue weighted by atomic mass is 10.2. The molecule has 2 heterocycles. The van der Waals surface area contributed by atoms with Gasteiger partial charge in [-0.05, 0) is 43.2 Å². The molecular weight excluding hydrogens is 457 g/mol. The Hall–Kier alpha value is -2.29. The summed E-state index contributed by atoms with van der Waals surface area (Å²) in [4.78, 5) is 16.6. The number of amides is 1. The number of hydrogen-bond donors (Lipinski definition) is 1. The number of halogens is 2. The van der Waals surface area contributed by atoms with Crippen molar-refractivity contribution in [1.82, 2.24) is 19.7 Å². The minimum Gasteiger partial charge on any atom is -0.497 e. The second-order valence-electron chi connectivity index (χ2n) is 6.77. The molecule has 0 aliphatic rings. The maximum atomic E-state index is 12.5. The molecule has 3 rings (SSSR count). The maximum absolute atomic E-state index is 12.5. The third-order valence-corrected chi connectivity index (χ3v) is 6.40. The number of carbonyl (C=O) groups is 1. The SMILES string of the molecule is CCCCn1c(SCC(=O)Nc2ncc(Cl)c(C)c2Cl)nnc1-c1ccc(OC)cc1. The molecule has 2 aromatic heterocycles. The number of thioether (sulfide) groups is 1. The van der Waals surface area contributed by atoms with E-state index in [1.54, 1.807) is 14.0 Å². The molecule has 0 unspecified atom stereocenters. The van der Waals surface area contributed by atoms with E-state index in [0.29, 0.717) is 26.6 Å². The van der Waals surface area contributed by atoms with E-state index in [-0.39, 0.29) is 11.7 Å². The summed E-state index contributed by atoms with van der Waals surface area (Å²) < 4.78 is 7.27. The number of hydrogen-bond acceptors (Lipinski definition) is 6. The zero-order valence-electron chi connectivity index (χ0n) is 17.5. The number of methoxy groups -OCH3 is 1. The van der Waals surface area contributed by atoms with Gasteiger partial charge < -0.3 is 14.6 Å². The van der Waals surface area contributed by atoms with Crippen molar-refractivity contribution in [3.8, 4) is 17.1 Å². The number of rotatable bonds is 9. The lowest BCUT2D eigenvalue weighted by molar-refractivity contribution is -0.113. The number of aromatic nitrogens is 4. The van der Waals surface area contributed by atoms with Crippen LogP contribution in [0.2, 0.25) is 10.0 Å². The van der Waals surface area contributed by atoms with Crippen molar-refractivity contribution >= 4 is 46.7 Å². The number of benzene rings is 1. The van der Waals surface area contributed by atoms with Crippen LogP contribution in [0.3, 0.4) is 0 Å². The molecule has 1 aromatic carbocycles. The van der Waals surface area contributed by atoms with E-state index in [1.807, 2.05) is 28.8 Å². The highest BCUT2D eigenvalue weighted by Gasteiger charge is 2.17. The summed E-state index contributed by atoms with van der Waals surface area (Å²) in [6, 6.07) is 7.67. The van der Waals surface area contributed by atoms with Crippen LogP contribution in [-0.2, 0) is 11.3 Å². The van der Waals surface area contributed by atoms with Crippen molar-refractivity contribution in [3.63, 3.8) is 0 Å². The molecule has 7 nitrogen and oxygen atoms in total. The van der Waals surface area contributed by atoms with Crippen molar-refractivity contribution in [2.75, 3.05) is 18.2 Å². The van der Waals surface area contributed by atoms with Crippen LogP contribution >= 0.6 is 35.0 Å². The molecule has 31 heavy (non-hydrogen) atoms. The van der Waals surface area contributed by atoms with Crippen LogP contribution in [-0.4, -0.2) is 38.5 Å². The minimum absolute atomic E-state index is 0.145. The number of ether oxygens (including phenoxy) is 1. The van der Waals surface area contributed by atoms with E-state index >= 15 is 0 Å². The summed E-state index contributed by atoms with van der Waals surface area (Å²) in [6.07, 6.45) is 3.48. The van der Waals surface area contributed by atoms with Crippen molar-refractivity contribution < 1.29 is 9.53 Å². The van der Waals surface area contributed by atoms with Crippen LogP contribution in [0.1, 0.15) is 25.3 Å². The topological polar surface area (TPSA) is 81.9 Å². The van der Waals surface area contributed by atoms with Gasteiger partial charge in [0.25, 0.3) is 0 Å². The Labute approximate surface area is 195 Å². The second-order valence-corrected chi connectivity index (χ2v) is 8.50. The van der Waals surface area contributed by atoms with E-state index in [0.717, 1.165) is 36.5 Å². The van der Waals surface area contributed by atoms with Gasteiger partial charge in [-0.1, -0.05) is 48.3 Å². The van der Waals surface area contributed by atoms with E-state index in [9.17, 15) is 4.79 Å². The van der Waals surface area contributed by atoms with Crippen LogP contribution < -0.4 is 10.1 Å². The van der Waals surface area contributed by atoms with Crippen molar-refractivity contribution in [3.05, 3.63) is 46.1 Å². The van der Waals surface area contributed by atoms with Gasteiger partial charge >= 0.3 is 0 Å². The summed E-state index contributed by atoms with van der Waals surface area (Å²) in [5.41, 5.74) is 1.61. The van der Waals surface area contributed by atoms with Crippen molar-refractivity contribution in [2.24, 2.45) is 0 Å². The minimum atomic E-state index is -0.239. The number of nitrogens with one attached hydrogen (secondary N) is 1. The van der Waals surface area contributed by atoms with E-state index in [1.165, 1.54) is 18.0 Å². The predicted molar refractivity (Wildman–Crippen MR) is 125 cm³/mol. The molecule has 0 aliphatic heterocycles. The third kappa shape index (κ3) is 5.70. The first-order chi connectivity index (χ1) is 14.9. The summed E-state index contributed by atoms with van der Waals surface area (Å²) in [7, 11) is 1.63. The average molecular weight is 480 g/mol. The Bertz CT molecular complexity index is 1060. The molecule has 1 amide bonds. The third-order valence-electron chi connectivity index (χ3n) is 4.59. The molecular formula is C21H23Cl2N5O2S. The monoisotopic (exact) mass is 479 g/mol. The Morgan fingerprint density at radius 3 is 2.65 bits per heavy atom. The maximum Gasteiger partial charge on any atom is 0.236 e. The average Bonchev–Trinajstić information content (AvgIpc) is 3.19. The highest BCUT2D eigenvalue weighted by atomic mass is 35.5. The second kappa shape index (κ2) is 10.8. The van der Waals surface area contributed by atoms with Gasteiger partial charge in [-0.15, -0.1) is 10.2 Å². The van der Waals surface area contributed by atoms with Gasteiger partial charge in [0.15, 0.2) is 16.8 Å². The van der Waals surface area contributed by atoms with E-state index in [4.69, 9.17) is 27.9 Å². The summed E-state index contributed by atoms with van der Waals surface area (Å²) >= 11 is 13.6. The van der Waals surface area contributed by atoms with Crippen LogP contribution in [0.4, 0.5) is 5.82 Å². The smallest absolute Gasteiger partial charge is 0.236 e. The van der Waals surface area contributed by atoms with Crippen LogP contribution in [0.15, 0.2) is 35.6 Å². The Kier molecular flexibility index (Phi) is 8.17. The van der Waals surface area contributed by atoms with Crippen molar-refractivity contribution in [2.45, 2.75) is 38.4 Å². The lowest BCUT2D eigenvalue weighted by Crippen LogP contribution is -2.16. The largest absolute Gasteiger partial charge is 0.497 e. The molecule has 0 saturated carbocycles. The highest BCUT2D eigenvalue weighted by Crippen LogP contribution is 2.29. The molecule has 0 atom stereocenters. The fourth-order valence-electron chi connectivity index (χ4n) is 2.81. The summed E-state index contributed by atoms with van der Waals surface area (Å²) in [5.74, 6) is 1.74. The number of carbonyl (C=O) groups excluding carboxylic acids is 1. The fourth-order valence-corrected chi connectivity index (χ4v) is 3.96. The number of nitrogens with zero attached hydrogens (tertiary/aromatic N) is 4. The standard InChI is InChI=1S/C21H23Cl2N5O2S/c1-4-5-10-28-20(14-6-8-15(30-3)9-7-14)26-27-21(28)31-12-17(29)25-19-18(23)13(2)16(22)11-24-19/h6-9,11H,4-5,10,12H2,1-3H3,(H,24,25,29). The molecule has 1 N–H and O–H groups in total. The van der Waals surface area contributed by atoms with Crippen molar-refractivity contribution in [1.29, 1.82) is 0 Å². The molecule has 0 saturated heterocycles. The molecule has 0 bridgehead atoms. The number of pyridine rings is 1. The number of unbranched alkanes of at least 4 members (excludes halogenated alkanes) is 1. The molecule has 0 fully saturated rings. The molecule has 3 aromatic rings. The van der Waals surface area contributed by atoms with E-state index in [2.05, 4.69) is 27.4 Å². The van der Waals surface area contributed by atoms with Gasteiger partial charge in [0.05, 0.1) is 22.9 Å².